The summed E-state index contributed by atoms with van der Waals surface area (Å²) in [5.41, 5.74) is 3.11. The van der Waals surface area contributed by atoms with Crippen molar-refractivity contribution in [1.29, 1.82) is 0 Å². The fraction of sp³-hybridized carbons (Fsp3) is 0.125. The highest BCUT2D eigenvalue weighted by Gasteiger charge is 2.12. The molecule has 4 nitrogen and oxygen atoms in total. The van der Waals surface area contributed by atoms with Crippen LogP contribution in [-0.4, -0.2) is 21.6 Å². The summed E-state index contributed by atoms with van der Waals surface area (Å²) in [6.07, 6.45) is 1.85. The first kappa shape index (κ1) is 11.2. The summed E-state index contributed by atoms with van der Waals surface area (Å²) in [5.74, 6) is 0.878. The fourth-order valence-electron chi connectivity index (χ4n) is 2.82. The Labute approximate surface area is 116 Å². The number of hydrogen-bond donors (Lipinski definition) is 1. The van der Waals surface area contributed by atoms with Crippen LogP contribution in [0.15, 0.2) is 42.7 Å². The van der Waals surface area contributed by atoms with Crippen LogP contribution in [0.25, 0.3) is 32.7 Å². The molecule has 4 heteroatoms. The van der Waals surface area contributed by atoms with Gasteiger partial charge in [-0.25, -0.2) is 9.97 Å². The Bertz CT molecular complexity index is 953. The number of fused-ring (bicyclic) bond motifs is 5. The molecule has 2 aromatic heterocycles. The van der Waals surface area contributed by atoms with Gasteiger partial charge in [0.1, 0.15) is 5.82 Å². The van der Waals surface area contributed by atoms with Crippen LogP contribution in [0.1, 0.15) is 0 Å². The molecule has 0 atom stereocenters. The van der Waals surface area contributed by atoms with Crippen molar-refractivity contribution in [2.24, 2.45) is 7.05 Å². The molecule has 0 amide bonds. The zero-order chi connectivity index (χ0) is 13.7. The summed E-state index contributed by atoms with van der Waals surface area (Å²) >= 11 is 0. The molecule has 0 saturated carbocycles. The number of para-hydroxylation sites is 1. The van der Waals surface area contributed by atoms with Gasteiger partial charge < -0.3 is 9.88 Å². The molecule has 2 heterocycles. The second-order valence-electron chi connectivity index (χ2n) is 4.94. The lowest BCUT2D eigenvalue weighted by Gasteiger charge is -2.09. The van der Waals surface area contributed by atoms with Gasteiger partial charge in [-0.1, -0.05) is 24.3 Å². The van der Waals surface area contributed by atoms with Crippen LogP contribution in [0.3, 0.4) is 0 Å². The second-order valence-corrected chi connectivity index (χ2v) is 4.94. The summed E-state index contributed by atoms with van der Waals surface area (Å²) in [5, 5.41) is 6.64. The highest BCUT2D eigenvalue weighted by molar-refractivity contribution is 6.18. The highest BCUT2D eigenvalue weighted by Crippen LogP contribution is 2.33. The van der Waals surface area contributed by atoms with Gasteiger partial charge in [0, 0.05) is 19.5 Å². The number of aromatic nitrogens is 3. The van der Waals surface area contributed by atoms with Crippen LogP contribution in [0.4, 0.5) is 5.82 Å². The Kier molecular flexibility index (Phi) is 2.21. The lowest BCUT2D eigenvalue weighted by atomic mass is 10.0. The van der Waals surface area contributed by atoms with Gasteiger partial charge in [0.25, 0.3) is 0 Å². The van der Waals surface area contributed by atoms with E-state index in [-0.39, 0.29) is 0 Å². The van der Waals surface area contributed by atoms with Crippen molar-refractivity contribution >= 4 is 38.5 Å². The van der Waals surface area contributed by atoms with E-state index >= 15 is 0 Å². The lowest BCUT2D eigenvalue weighted by molar-refractivity contribution is 0.948. The lowest BCUT2D eigenvalue weighted by Crippen LogP contribution is -1.96. The minimum atomic E-state index is 0.878. The zero-order valence-corrected chi connectivity index (χ0v) is 11.4. The number of nitrogens with zero attached hydrogens (tertiary/aromatic N) is 3. The monoisotopic (exact) mass is 262 g/mol. The predicted molar refractivity (Wildman–Crippen MR) is 83.1 cm³/mol. The van der Waals surface area contributed by atoms with Crippen molar-refractivity contribution in [2.45, 2.75) is 0 Å². The smallest absolute Gasteiger partial charge is 0.136 e. The van der Waals surface area contributed by atoms with E-state index in [1.54, 1.807) is 0 Å². The minimum absolute atomic E-state index is 0.878. The van der Waals surface area contributed by atoms with E-state index in [2.05, 4.69) is 28.5 Å². The molecular weight excluding hydrogens is 248 g/mol. The fourth-order valence-corrected chi connectivity index (χ4v) is 2.82. The molecule has 0 spiro atoms. The van der Waals surface area contributed by atoms with Crippen molar-refractivity contribution in [3.05, 3.63) is 42.7 Å². The number of imidazole rings is 1. The minimum Gasteiger partial charge on any atom is -0.373 e. The number of nitrogens with one attached hydrogen (secondary N) is 1. The van der Waals surface area contributed by atoms with E-state index in [1.807, 2.05) is 43.2 Å². The molecule has 0 aliphatic carbocycles. The number of benzene rings is 2. The Morgan fingerprint density at radius 1 is 1.05 bits per heavy atom. The maximum atomic E-state index is 4.72. The van der Waals surface area contributed by atoms with Gasteiger partial charge in [-0.15, -0.1) is 0 Å². The van der Waals surface area contributed by atoms with Crippen LogP contribution in [0.2, 0.25) is 0 Å². The molecule has 0 unspecified atom stereocenters. The summed E-state index contributed by atoms with van der Waals surface area (Å²) in [6.45, 7) is 0. The normalized spacial score (nSPS) is 11.5. The van der Waals surface area contributed by atoms with Crippen LogP contribution in [-0.2, 0) is 7.05 Å². The third kappa shape index (κ3) is 1.36. The van der Waals surface area contributed by atoms with E-state index < -0.39 is 0 Å². The quantitative estimate of drug-likeness (QED) is 0.535. The maximum absolute atomic E-state index is 4.72. The van der Waals surface area contributed by atoms with E-state index in [0.717, 1.165) is 33.1 Å². The summed E-state index contributed by atoms with van der Waals surface area (Å²) in [7, 11) is 3.91. The third-order valence-electron chi connectivity index (χ3n) is 3.80. The van der Waals surface area contributed by atoms with Crippen LogP contribution in [0.5, 0.6) is 0 Å². The van der Waals surface area contributed by atoms with Crippen LogP contribution < -0.4 is 5.32 Å². The average molecular weight is 262 g/mol. The van der Waals surface area contributed by atoms with Crippen LogP contribution >= 0.6 is 0 Å². The molecule has 98 valence electrons. The molecule has 0 bridgehead atoms. The van der Waals surface area contributed by atoms with E-state index in [4.69, 9.17) is 4.98 Å². The second kappa shape index (κ2) is 3.93. The molecule has 2 aromatic carbocycles. The molecule has 0 fully saturated rings. The first-order valence-corrected chi connectivity index (χ1v) is 6.60. The van der Waals surface area contributed by atoms with Gasteiger partial charge in [-0.3, -0.25) is 0 Å². The summed E-state index contributed by atoms with van der Waals surface area (Å²) < 4.78 is 2.03. The number of rotatable bonds is 1. The summed E-state index contributed by atoms with van der Waals surface area (Å²) in [6, 6.07) is 12.5. The average Bonchev–Trinajstić information content (AvgIpc) is 2.87. The molecule has 20 heavy (non-hydrogen) atoms. The Morgan fingerprint density at radius 2 is 1.90 bits per heavy atom. The van der Waals surface area contributed by atoms with E-state index in [0.29, 0.717) is 0 Å². The van der Waals surface area contributed by atoms with E-state index in [9.17, 15) is 0 Å². The number of hydrogen-bond acceptors (Lipinski definition) is 3. The maximum Gasteiger partial charge on any atom is 0.136 e. The SMILES string of the molecule is CNc1nc2ccccc2c2ccc3c(ncn3C)c12. The van der Waals surface area contributed by atoms with Crippen molar-refractivity contribution in [3.63, 3.8) is 0 Å². The number of anilines is 1. The van der Waals surface area contributed by atoms with Crippen molar-refractivity contribution in [1.82, 2.24) is 14.5 Å². The Hall–Kier alpha value is -2.62. The molecule has 4 rings (SSSR count). The standard InChI is InChI=1S/C16H14N4/c1-17-16-14-11(10-5-3-4-6-12(10)19-16)7-8-13-15(14)18-9-20(13)2/h3-9H,1-2H3,(H,17,19). The first-order chi connectivity index (χ1) is 9.79. The van der Waals surface area contributed by atoms with Crippen molar-refractivity contribution in [2.75, 3.05) is 12.4 Å². The van der Waals surface area contributed by atoms with Gasteiger partial charge >= 0.3 is 0 Å². The zero-order valence-electron chi connectivity index (χ0n) is 11.4. The van der Waals surface area contributed by atoms with Crippen LogP contribution in [0, 0.1) is 0 Å². The van der Waals surface area contributed by atoms with Gasteiger partial charge in [0.05, 0.1) is 28.3 Å². The Morgan fingerprint density at radius 3 is 2.75 bits per heavy atom. The Balaban J connectivity index is 2.33. The number of pyridine rings is 1. The molecule has 0 saturated heterocycles. The topological polar surface area (TPSA) is 42.7 Å². The van der Waals surface area contributed by atoms with Gasteiger partial charge in [-0.05, 0) is 17.5 Å². The van der Waals surface area contributed by atoms with E-state index in [1.165, 1.54) is 5.39 Å². The molecular formula is C16H14N4. The predicted octanol–water partition coefficient (Wildman–Crippen LogP) is 3.32. The van der Waals surface area contributed by atoms with Gasteiger partial charge in [-0.2, -0.15) is 0 Å². The molecule has 0 aliphatic rings. The van der Waals surface area contributed by atoms with Crippen molar-refractivity contribution in [3.8, 4) is 0 Å². The summed E-state index contributed by atoms with van der Waals surface area (Å²) in [4.78, 5) is 9.27. The molecule has 0 aliphatic heterocycles. The van der Waals surface area contributed by atoms with Crippen molar-refractivity contribution < 1.29 is 0 Å². The van der Waals surface area contributed by atoms with Gasteiger partial charge in [0.2, 0.25) is 0 Å². The first-order valence-electron chi connectivity index (χ1n) is 6.60. The molecule has 4 aromatic rings. The highest BCUT2D eigenvalue weighted by atomic mass is 15.0. The largest absolute Gasteiger partial charge is 0.373 e. The third-order valence-corrected chi connectivity index (χ3v) is 3.80. The molecule has 0 radical (unpaired) electrons. The number of aryl methyl sites for hydroxylation is 1. The molecule has 1 N–H and O–H groups in total. The van der Waals surface area contributed by atoms with Gasteiger partial charge in [0.15, 0.2) is 0 Å².